The van der Waals surface area contributed by atoms with Gasteiger partial charge in [-0.15, -0.1) is 0 Å². The highest BCUT2D eigenvalue weighted by Gasteiger charge is 2.09. The summed E-state index contributed by atoms with van der Waals surface area (Å²) in [5.41, 5.74) is 7.39. The molecule has 2 N–H and O–H groups in total. The molecule has 0 amide bonds. The van der Waals surface area contributed by atoms with Crippen LogP contribution in [0.5, 0.6) is 11.5 Å². The van der Waals surface area contributed by atoms with E-state index >= 15 is 0 Å². The van der Waals surface area contributed by atoms with E-state index in [-0.39, 0.29) is 0 Å². The number of nitrogen functional groups attached to an aromatic ring is 1. The summed E-state index contributed by atoms with van der Waals surface area (Å²) in [5.74, 6) is 1.62. The molecule has 0 aliphatic heterocycles. The Balaban J connectivity index is 2.04. The standard InChI is InChI=1S/C14H12N2OS/c1-9-14-12(3-2-4-13(14)18-16-9)17-11-7-5-10(15)6-8-11/h2-8H,15H2,1H3. The number of hydrogen-bond acceptors (Lipinski definition) is 4. The van der Waals surface area contributed by atoms with Crippen LogP contribution < -0.4 is 10.5 Å². The summed E-state index contributed by atoms with van der Waals surface area (Å²) in [6, 6.07) is 13.4. The maximum Gasteiger partial charge on any atom is 0.137 e. The Morgan fingerprint density at radius 1 is 1.11 bits per heavy atom. The minimum absolute atomic E-state index is 0.730. The van der Waals surface area contributed by atoms with Gasteiger partial charge in [0.25, 0.3) is 0 Å². The molecule has 0 radical (unpaired) electrons. The van der Waals surface area contributed by atoms with Crippen LogP contribution in [0.15, 0.2) is 42.5 Å². The molecule has 3 rings (SSSR count). The van der Waals surface area contributed by atoms with Crippen molar-refractivity contribution in [1.82, 2.24) is 4.37 Å². The minimum Gasteiger partial charge on any atom is -0.457 e. The van der Waals surface area contributed by atoms with Crippen LogP contribution >= 0.6 is 11.5 Å². The number of hydrogen-bond donors (Lipinski definition) is 1. The van der Waals surface area contributed by atoms with Gasteiger partial charge in [0.05, 0.1) is 15.8 Å². The van der Waals surface area contributed by atoms with Crippen LogP contribution in [0.25, 0.3) is 10.1 Å². The number of benzene rings is 2. The number of rotatable bonds is 2. The van der Waals surface area contributed by atoms with Crippen LogP contribution in [-0.4, -0.2) is 4.37 Å². The van der Waals surface area contributed by atoms with Crippen molar-refractivity contribution in [2.24, 2.45) is 0 Å². The van der Waals surface area contributed by atoms with E-state index in [1.165, 1.54) is 11.5 Å². The molecule has 3 nitrogen and oxygen atoms in total. The Labute approximate surface area is 109 Å². The Hall–Kier alpha value is -2.07. The van der Waals surface area contributed by atoms with Gasteiger partial charge in [-0.05, 0) is 54.9 Å². The van der Waals surface area contributed by atoms with Gasteiger partial charge in [-0.25, -0.2) is 0 Å². The largest absolute Gasteiger partial charge is 0.457 e. The molecule has 1 aromatic heterocycles. The fraction of sp³-hybridized carbons (Fsp3) is 0.0714. The lowest BCUT2D eigenvalue weighted by molar-refractivity contribution is 0.488. The van der Waals surface area contributed by atoms with Crippen LogP contribution in [0, 0.1) is 6.92 Å². The molecule has 0 fully saturated rings. The fourth-order valence-corrected chi connectivity index (χ4v) is 2.66. The van der Waals surface area contributed by atoms with Crippen molar-refractivity contribution in [3.05, 3.63) is 48.2 Å². The van der Waals surface area contributed by atoms with Gasteiger partial charge < -0.3 is 10.5 Å². The van der Waals surface area contributed by atoms with Gasteiger partial charge in [0, 0.05) is 5.69 Å². The molecule has 18 heavy (non-hydrogen) atoms. The number of nitrogens with two attached hydrogens (primary N) is 1. The highest BCUT2D eigenvalue weighted by atomic mass is 32.1. The number of ether oxygens (including phenoxy) is 1. The molecule has 90 valence electrons. The first-order valence-electron chi connectivity index (χ1n) is 5.62. The zero-order valence-corrected chi connectivity index (χ0v) is 10.7. The van der Waals surface area contributed by atoms with Gasteiger partial charge in [-0.2, -0.15) is 4.37 Å². The molecule has 4 heteroatoms. The number of aryl methyl sites for hydroxylation is 1. The molecule has 0 bridgehead atoms. The number of fused-ring (bicyclic) bond motifs is 1. The summed E-state index contributed by atoms with van der Waals surface area (Å²) < 4.78 is 11.4. The van der Waals surface area contributed by atoms with E-state index in [0.717, 1.165) is 33.0 Å². The third-order valence-electron chi connectivity index (χ3n) is 2.74. The van der Waals surface area contributed by atoms with Gasteiger partial charge in [-0.1, -0.05) is 6.07 Å². The Morgan fingerprint density at radius 3 is 2.67 bits per heavy atom. The Morgan fingerprint density at radius 2 is 1.89 bits per heavy atom. The van der Waals surface area contributed by atoms with E-state index in [2.05, 4.69) is 10.4 Å². The summed E-state index contributed by atoms with van der Waals surface area (Å²) in [4.78, 5) is 0. The molecule has 3 aromatic rings. The van der Waals surface area contributed by atoms with Crippen LogP contribution in [-0.2, 0) is 0 Å². The predicted molar refractivity (Wildman–Crippen MR) is 75.3 cm³/mol. The Kier molecular flexibility index (Phi) is 2.64. The summed E-state index contributed by atoms with van der Waals surface area (Å²) in [6.45, 7) is 1.99. The Bertz CT molecular complexity index is 689. The van der Waals surface area contributed by atoms with E-state index in [0.29, 0.717) is 0 Å². The number of aromatic nitrogens is 1. The summed E-state index contributed by atoms with van der Waals surface area (Å²) >= 11 is 1.49. The molecule has 0 atom stereocenters. The zero-order valence-electron chi connectivity index (χ0n) is 9.88. The smallest absolute Gasteiger partial charge is 0.137 e. The maximum atomic E-state index is 5.90. The average Bonchev–Trinajstić information content (AvgIpc) is 2.75. The number of nitrogens with zero attached hydrogens (tertiary/aromatic N) is 1. The molecule has 1 heterocycles. The fourth-order valence-electron chi connectivity index (χ4n) is 1.85. The third-order valence-corrected chi connectivity index (χ3v) is 3.64. The lowest BCUT2D eigenvalue weighted by Crippen LogP contribution is -1.87. The van der Waals surface area contributed by atoms with Gasteiger partial charge in [-0.3, -0.25) is 0 Å². The molecule has 0 aliphatic carbocycles. The van der Waals surface area contributed by atoms with Gasteiger partial charge >= 0.3 is 0 Å². The second-order valence-corrected chi connectivity index (χ2v) is 4.87. The number of anilines is 1. The SMILES string of the molecule is Cc1nsc2cccc(Oc3ccc(N)cc3)c12. The van der Waals surface area contributed by atoms with Crippen molar-refractivity contribution >= 4 is 27.3 Å². The van der Waals surface area contributed by atoms with E-state index in [1.807, 2.05) is 43.3 Å². The minimum atomic E-state index is 0.730. The normalized spacial score (nSPS) is 10.7. The quantitative estimate of drug-likeness (QED) is 0.705. The molecule has 0 unspecified atom stereocenters. The van der Waals surface area contributed by atoms with Crippen molar-refractivity contribution in [2.45, 2.75) is 6.92 Å². The molecular formula is C14H12N2OS. The average molecular weight is 256 g/mol. The maximum absolute atomic E-state index is 5.90. The lowest BCUT2D eigenvalue weighted by atomic mass is 10.2. The molecule has 0 saturated heterocycles. The highest BCUT2D eigenvalue weighted by Crippen LogP contribution is 2.34. The molecule has 2 aromatic carbocycles. The van der Waals surface area contributed by atoms with Crippen molar-refractivity contribution < 1.29 is 4.74 Å². The molecule has 0 aliphatic rings. The lowest BCUT2D eigenvalue weighted by Gasteiger charge is -2.07. The van der Waals surface area contributed by atoms with Gasteiger partial charge in [0.2, 0.25) is 0 Å². The summed E-state index contributed by atoms with van der Waals surface area (Å²) in [6.07, 6.45) is 0. The topological polar surface area (TPSA) is 48.1 Å². The molecule has 0 spiro atoms. The van der Waals surface area contributed by atoms with Crippen LogP contribution in [0.2, 0.25) is 0 Å². The zero-order chi connectivity index (χ0) is 12.5. The van der Waals surface area contributed by atoms with Crippen molar-refractivity contribution in [1.29, 1.82) is 0 Å². The van der Waals surface area contributed by atoms with E-state index < -0.39 is 0 Å². The molecule has 0 saturated carbocycles. The van der Waals surface area contributed by atoms with Crippen LogP contribution in [0.1, 0.15) is 5.69 Å². The van der Waals surface area contributed by atoms with Gasteiger partial charge in [0.15, 0.2) is 0 Å². The van der Waals surface area contributed by atoms with Crippen molar-refractivity contribution in [3.63, 3.8) is 0 Å². The second-order valence-electron chi connectivity index (χ2n) is 4.07. The molecular weight excluding hydrogens is 244 g/mol. The van der Waals surface area contributed by atoms with Crippen LogP contribution in [0.4, 0.5) is 5.69 Å². The predicted octanol–water partition coefficient (Wildman–Crippen LogP) is 3.98. The van der Waals surface area contributed by atoms with Crippen molar-refractivity contribution in [2.75, 3.05) is 5.73 Å². The van der Waals surface area contributed by atoms with Gasteiger partial charge in [0.1, 0.15) is 11.5 Å². The summed E-state index contributed by atoms with van der Waals surface area (Å²) in [7, 11) is 0. The first-order valence-corrected chi connectivity index (χ1v) is 6.40. The van der Waals surface area contributed by atoms with Crippen molar-refractivity contribution in [3.8, 4) is 11.5 Å². The highest BCUT2D eigenvalue weighted by molar-refractivity contribution is 7.13. The second kappa shape index (κ2) is 4.31. The first kappa shape index (κ1) is 11.0. The third kappa shape index (κ3) is 1.91. The van der Waals surface area contributed by atoms with Crippen LogP contribution in [0.3, 0.4) is 0 Å². The first-order chi connectivity index (χ1) is 8.74. The summed E-state index contributed by atoms with van der Waals surface area (Å²) in [5, 5.41) is 1.08. The monoisotopic (exact) mass is 256 g/mol. The van der Waals surface area contributed by atoms with E-state index in [4.69, 9.17) is 10.5 Å². The van der Waals surface area contributed by atoms with E-state index in [1.54, 1.807) is 0 Å². The van der Waals surface area contributed by atoms with E-state index in [9.17, 15) is 0 Å².